The number of aromatic nitrogens is 1. The van der Waals surface area contributed by atoms with Crippen LogP contribution in [0.3, 0.4) is 0 Å². The Kier molecular flexibility index (Phi) is 6.71. The van der Waals surface area contributed by atoms with Crippen molar-refractivity contribution in [1.29, 1.82) is 0 Å². The quantitative estimate of drug-likeness (QED) is 0.390. The van der Waals surface area contributed by atoms with E-state index in [0.717, 1.165) is 28.1 Å². The lowest BCUT2D eigenvalue weighted by Crippen LogP contribution is -1.95. The predicted octanol–water partition coefficient (Wildman–Crippen LogP) is 5.60. The molecule has 0 amide bonds. The molecule has 0 aliphatic carbocycles. The molecule has 1 heterocycles. The maximum Gasteiger partial charge on any atom is 0.0859 e. The van der Waals surface area contributed by atoms with E-state index in [1.165, 1.54) is 35.5 Å². The molecular weight excluding hydrogens is 296 g/mol. The zero-order chi connectivity index (χ0) is 15.1. The molecule has 0 saturated carbocycles. The summed E-state index contributed by atoms with van der Waals surface area (Å²) in [6.07, 6.45) is 6.77. The SMILES string of the molecule is CCCCSc1cc(SCCCC)c2ncccc2c1N. The summed E-state index contributed by atoms with van der Waals surface area (Å²) >= 11 is 3.78. The van der Waals surface area contributed by atoms with Gasteiger partial charge in [-0.25, -0.2) is 0 Å². The van der Waals surface area contributed by atoms with Crippen LogP contribution in [0.5, 0.6) is 0 Å². The summed E-state index contributed by atoms with van der Waals surface area (Å²) in [6.45, 7) is 4.45. The number of nitrogens with zero attached hydrogens (tertiary/aromatic N) is 1. The second-order valence-corrected chi connectivity index (χ2v) is 7.36. The highest BCUT2D eigenvalue weighted by Gasteiger charge is 2.11. The van der Waals surface area contributed by atoms with E-state index in [-0.39, 0.29) is 0 Å². The van der Waals surface area contributed by atoms with Crippen molar-refractivity contribution in [3.05, 3.63) is 24.4 Å². The maximum atomic E-state index is 6.35. The average molecular weight is 321 g/mol. The number of rotatable bonds is 8. The van der Waals surface area contributed by atoms with Crippen molar-refractivity contribution in [2.75, 3.05) is 17.2 Å². The molecule has 114 valence electrons. The third-order valence-corrected chi connectivity index (χ3v) is 5.63. The third kappa shape index (κ3) is 4.30. The fraction of sp³-hybridized carbons (Fsp3) is 0.471. The Morgan fingerprint density at radius 3 is 2.38 bits per heavy atom. The van der Waals surface area contributed by atoms with Crippen molar-refractivity contribution in [2.24, 2.45) is 0 Å². The van der Waals surface area contributed by atoms with Crippen LogP contribution in [0.4, 0.5) is 5.69 Å². The molecule has 0 atom stereocenters. The molecule has 0 saturated heterocycles. The lowest BCUT2D eigenvalue weighted by molar-refractivity contribution is 0.895. The number of thioether (sulfide) groups is 2. The van der Waals surface area contributed by atoms with Gasteiger partial charge in [-0.15, -0.1) is 23.5 Å². The van der Waals surface area contributed by atoms with Crippen LogP contribution >= 0.6 is 23.5 Å². The number of nitrogens with two attached hydrogens (primary N) is 1. The first-order valence-electron chi connectivity index (χ1n) is 7.70. The van der Waals surface area contributed by atoms with Crippen LogP contribution in [0.2, 0.25) is 0 Å². The molecule has 0 bridgehead atoms. The highest BCUT2D eigenvalue weighted by Crippen LogP contribution is 2.38. The van der Waals surface area contributed by atoms with Gasteiger partial charge in [-0.2, -0.15) is 0 Å². The number of pyridine rings is 1. The second-order valence-electron chi connectivity index (χ2n) is 5.09. The first-order valence-corrected chi connectivity index (χ1v) is 9.67. The van der Waals surface area contributed by atoms with Crippen LogP contribution in [0.15, 0.2) is 34.2 Å². The number of hydrogen-bond donors (Lipinski definition) is 1. The Bertz CT molecular complexity index is 584. The Morgan fingerprint density at radius 2 is 1.71 bits per heavy atom. The molecule has 0 radical (unpaired) electrons. The highest BCUT2D eigenvalue weighted by molar-refractivity contribution is 8.00. The van der Waals surface area contributed by atoms with Crippen molar-refractivity contribution in [2.45, 2.75) is 49.3 Å². The van der Waals surface area contributed by atoms with E-state index in [1.54, 1.807) is 0 Å². The van der Waals surface area contributed by atoms with Crippen LogP contribution in [-0.2, 0) is 0 Å². The molecule has 0 aliphatic heterocycles. The Morgan fingerprint density at radius 1 is 1.05 bits per heavy atom. The van der Waals surface area contributed by atoms with Gasteiger partial charge in [0, 0.05) is 21.4 Å². The maximum absolute atomic E-state index is 6.35. The van der Waals surface area contributed by atoms with Crippen LogP contribution in [0.25, 0.3) is 10.9 Å². The monoisotopic (exact) mass is 320 g/mol. The molecule has 2 nitrogen and oxygen atoms in total. The summed E-state index contributed by atoms with van der Waals surface area (Å²) in [5.74, 6) is 2.27. The van der Waals surface area contributed by atoms with E-state index < -0.39 is 0 Å². The number of hydrogen-bond acceptors (Lipinski definition) is 4. The minimum Gasteiger partial charge on any atom is -0.397 e. The molecule has 2 rings (SSSR count). The first-order chi connectivity index (χ1) is 10.3. The zero-order valence-electron chi connectivity index (χ0n) is 12.9. The molecule has 1 aromatic carbocycles. The van der Waals surface area contributed by atoms with E-state index in [1.807, 2.05) is 35.8 Å². The van der Waals surface area contributed by atoms with Gasteiger partial charge in [0.05, 0.1) is 11.2 Å². The minimum absolute atomic E-state index is 0.888. The molecule has 2 aromatic rings. The number of unbranched alkanes of at least 4 members (excludes halogenated alkanes) is 2. The van der Waals surface area contributed by atoms with E-state index in [4.69, 9.17) is 5.73 Å². The van der Waals surface area contributed by atoms with Crippen molar-refractivity contribution in [3.8, 4) is 0 Å². The van der Waals surface area contributed by atoms with E-state index >= 15 is 0 Å². The topological polar surface area (TPSA) is 38.9 Å². The summed E-state index contributed by atoms with van der Waals surface area (Å²) in [5, 5.41) is 1.10. The van der Waals surface area contributed by atoms with Gasteiger partial charge in [0.2, 0.25) is 0 Å². The van der Waals surface area contributed by atoms with Crippen LogP contribution in [0, 0.1) is 0 Å². The first kappa shape index (κ1) is 16.5. The molecule has 0 aliphatic rings. The van der Waals surface area contributed by atoms with E-state index in [2.05, 4.69) is 31.0 Å². The van der Waals surface area contributed by atoms with Crippen molar-refractivity contribution in [3.63, 3.8) is 0 Å². The molecule has 1 aromatic heterocycles. The third-order valence-electron chi connectivity index (χ3n) is 3.37. The van der Waals surface area contributed by atoms with Crippen LogP contribution in [-0.4, -0.2) is 16.5 Å². The lowest BCUT2D eigenvalue weighted by atomic mass is 10.2. The smallest absolute Gasteiger partial charge is 0.0859 e. The Hall–Kier alpha value is -0.870. The van der Waals surface area contributed by atoms with Gasteiger partial charge in [-0.3, -0.25) is 4.98 Å². The van der Waals surface area contributed by atoms with E-state index in [0.29, 0.717) is 0 Å². The summed E-state index contributed by atoms with van der Waals surface area (Å²) in [5.41, 5.74) is 8.29. The van der Waals surface area contributed by atoms with Gasteiger partial charge in [0.25, 0.3) is 0 Å². The highest BCUT2D eigenvalue weighted by atomic mass is 32.2. The minimum atomic E-state index is 0.888. The number of nitrogen functional groups attached to an aromatic ring is 1. The molecule has 4 heteroatoms. The molecule has 2 N–H and O–H groups in total. The summed E-state index contributed by atoms with van der Waals surface area (Å²) in [7, 11) is 0. The van der Waals surface area contributed by atoms with Crippen LogP contribution in [0.1, 0.15) is 39.5 Å². The van der Waals surface area contributed by atoms with Gasteiger partial charge >= 0.3 is 0 Å². The summed E-state index contributed by atoms with van der Waals surface area (Å²) < 4.78 is 0. The molecule has 0 fully saturated rings. The number of fused-ring (bicyclic) bond motifs is 1. The average Bonchev–Trinajstić information content (AvgIpc) is 2.51. The van der Waals surface area contributed by atoms with Crippen molar-refractivity contribution in [1.82, 2.24) is 4.98 Å². The Balaban J connectivity index is 2.32. The number of anilines is 1. The fourth-order valence-corrected chi connectivity index (χ4v) is 4.45. The molecule has 21 heavy (non-hydrogen) atoms. The van der Waals surface area contributed by atoms with Gasteiger partial charge in [-0.05, 0) is 42.5 Å². The van der Waals surface area contributed by atoms with Crippen LogP contribution < -0.4 is 5.73 Å². The number of benzene rings is 1. The van der Waals surface area contributed by atoms with Crippen molar-refractivity contribution < 1.29 is 0 Å². The summed E-state index contributed by atoms with van der Waals surface area (Å²) in [4.78, 5) is 7.03. The zero-order valence-corrected chi connectivity index (χ0v) is 14.5. The van der Waals surface area contributed by atoms with Gasteiger partial charge in [0.15, 0.2) is 0 Å². The Labute approximate surface area is 136 Å². The summed E-state index contributed by atoms with van der Waals surface area (Å²) in [6, 6.07) is 6.30. The standard InChI is InChI=1S/C17H24N2S2/c1-3-5-10-20-14-12-15(21-11-6-4-2)17-13(16(14)18)8-7-9-19-17/h7-9,12H,3-6,10-11,18H2,1-2H3. The van der Waals surface area contributed by atoms with Gasteiger partial charge in [-0.1, -0.05) is 26.7 Å². The second kappa shape index (κ2) is 8.54. The molecular formula is C17H24N2S2. The van der Waals surface area contributed by atoms with Crippen molar-refractivity contribution >= 4 is 40.1 Å². The fourth-order valence-electron chi connectivity index (χ4n) is 2.10. The van der Waals surface area contributed by atoms with Gasteiger partial charge in [0.1, 0.15) is 0 Å². The molecule has 0 unspecified atom stereocenters. The largest absolute Gasteiger partial charge is 0.397 e. The molecule has 0 spiro atoms. The van der Waals surface area contributed by atoms with Gasteiger partial charge < -0.3 is 5.73 Å². The predicted molar refractivity (Wildman–Crippen MR) is 97.4 cm³/mol. The van der Waals surface area contributed by atoms with E-state index in [9.17, 15) is 0 Å². The normalized spacial score (nSPS) is 11.1. The lowest BCUT2D eigenvalue weighted by Gasteiger charge is -2.12.